The number of carbonyl (C=O) groups excluding carboxylic acids is 1. The Morgan fingerprint density at radius 1 is 1.13 bits per heavy atom. The fourth-order valence-electron chi connectivity index (χ4n) is 3.69. The summed E-state index contributed by atoms with van der Waals surface area (Å²) in [5, 5.41) is 8.52. The SMILES string of the molecule is O=C(c1ccc2cn[nH]c2c1)N1CCC(F)(F)[C@@H](Oc2ccc3ccccc3n2)C1. The first-order valence-corrected chi connectivity index (χ1v) is 9.62. The molecule has 1 saturated heterocycles. The van der Waals surface area contributed by atoms with E-state index in [2.05, 4.69) is 15.2 Å². The van der Waals surface area contributed by atoms with E-state index in [0.717, 1.165) is 16.3 Å². The van der Waals surface area contributed by atoms with E-state index in [9.17, 15) is 13.6 Å². The molecule has 0 bridgehead atoms. The number of ether oxygens (including phenoxy) is 1. The first-order chi connectivity index (χ1) is 14.5. The Bertz CT molecular complexity index is 1240. The molecule has 0 aliphatic carbocycles. The van der Waals surface area contributed by atoms with E-state index in [4.69, 9.17) is 4.74 Å². The molecule has 1 N–H and O–H groups in total. The van der Waals surface area contributed by atoms with Gasteiger partial charge < -0.3 is 9.64 Å². The van der Waals surface area contributed by atoms with Crippen LogP contribution in [0.1, 0.15) is 16.8 Å². The van der Waals surface area contributed by atoms with Crippen LogP contribution in [0.5, 0.6) is 5.88 Å². The third-order valence-electron chi connectivity index (χ3n) is 5.38. The molecule has 1 fully saturated rings. The van der Waals surface area contributed by atoms with Gasteiger partial charge in [0.25, 0.3) is 11.8 Å². The van der Waals surface area contributed by atoms with Crippen LogP contribution in [0.3, 0.4) is 0 Å². The molecule has 6 nitrogen and oxygen atoms in total. The summed E-state index contributed by atoms with van der Waals surface area (Å²) in [5.74, 6) is -3.26. The Balaban J connectivity index is 1.37. The second-order valence-electron chi connectivity index (χ2n) is 7.38. The first-order valence-electron chi connectivity index (χ1n) is 9.62. The molecule has 2 aromatic carbocycles. The lowest BCUT2D eigenvalue weighted by Crippen LogP contribution is -2.55. The van der Waals surface area contributed by atoms with E-state index in [0.29, 0.717) is 11.1 Å². The normalized spacial score (nSPS) is 18.6. The Hall–Kier alpha value is -3.55. The number of pyridine rings is 1. The summed E-state index contributed by atoms with van der Waals surface area (Å²) in [6.07, 6.45) is -0.283. The number of benzene rings is 2. The summed E-state index contributed by atoms with van der Waals surface area (Å²) in [7, 11) is 0. The molecule has 1 amide bonds. The van der Waals surface area contributed by atoms with Gasteiger partial charge in [0.15, 0.2) is 6.10 Å². The number of alkyl halides is 2. The highest BCUT2D eigenvalue weighted by atomic mass is 19.3. The number of aromatic nitrogens is 3. The van der Waals surface area contributed by atoms with Crippen LogP contribution in [0.4, 0.5) is 8.78 Å². The predicted molar refractivity (Wildman–Crippen MR) is 108 cm³/mol. The zero-order valence-corrected chi connectivity index (χ0v) is 15.9. The lowest BCUT2D eigenvalue weighted by atomic mass is 10.0. The van der Waals surface area contributed by atoms with Gasteiger partial charge in [-0.1, -0.05) is 24.3 Å². The van der Waals surface area contributed by atoms with Crippen molar-refractivity contribution < 1.29 is 18.3 Å². The highest BCUT2D eigenvalue weighted by molar-refractivity contribution is 5.97. The summed E-state index contributed by atoms with van der Waals surface area (Å²) in [6.45, 7) is -0.265. The zero-order valence-electron chi connectivity index (χ0n) is 15.9. The molecule has 152 valence electrons. The van der Waals surface area contributed by atoms with Crippen molar-refractivity contribution in [3.63, 3.8) is 0 Å². The fraction of sp³-hybridized carbons (Fsp3) is 0.227. The van der Waals surface area contributed by atoms with Gasteiger partial charge in [-0.3, -0.25) is 9.89 Å². The maximum atomic E-state index is 14.6. The fourth-order valence-corrected chi connectivity index (χ4v) is 3.69. The third-order valence-corrected chi connectivity index (χ3v) is 5.38. The minimum absolute atomic E-state index is 0.0438. The number of para-hydroxylation sites is 1. The number of piperidine rings is 1. The van der Waals surface area contributed by atoms with Gasteiger partial charge in [-0.25, -0.2) is 13.8 Å². The summed E-state index contributed by atoms with van der Waals surface area (Å²) >= 11 is 0. The van der Waals surface area contributed by atoms with Gasteiger partial charge in [0.05, 0.1) is 23.8 Å². The third kappa shape index (κ3) is 3.34. The molecule has 8 heteroatoms. The zero-order chi connectivity index (χ0) is 20.7. The molecule has 0 spiro atoms. The van der Waals surface area contributed by atoms with Crippen molar-refractivity contribution in [1.29, 1.82) is 0 Å². The summed E-state index contributed by atoms with van der Waals surface area (Å²) in [4.78, 5) is 18.6. The van der Waals surface area contributed by atoms with Crippen LogP contribution < -0.4 is 4.74 Å². The molecule has 3 heterocycles. The van der Waals surface area contributed by atoms with Crippen LogP contribution in [-0.2, 0) is 0 Å². The number of hydrogen-bond acceptors (Lipinski definition) is 4. The maximum absolute atomic E-state index is 14.6. The van der Waals surface area contributed by atoms with E-state index in [1.54, 1.807) is 42.6 Å². The standard InChI is InChI=1S/C22H18F2N4O2/c23-22(24)9-10-28(21(29)15-5-6-16-12-25-27-18(16)11-15)13-19(22)30-20-8-7-14-3-1-2-4-17(14)26-20/h1-8,11-12,19H,9-10,13H2,(H,25,27)/t19-/m0/s1. The van der Waals surface area contributed by atoms with Crippen molar-refractivity contribution >= 4 is 27.7 Å². The van der Waals surface area contributed by atoms with E-state index >= 15 is 0 Å². The molecule has 1 aliphatic rings. The largest absolute Gasteiger partial charge is 0.466 e. The molecule has 4 aromatic rings. The molecule has 0 unspecified atom stereocenters. The number of amides is 1. The number of aromatic amines is 1. The number of hydrogen-bond donors (Lipinski definition) is 1. The molecule has 5 rings (SSSR count). The van der Waals surface area contributed by atoms with Gasteiger partial charge in [-0.2, -0.15) is 5.10 Å². The van der Waals surface area contributed by atoms with Gasteiger partial charge in [0.1, 0.15) is 0 Å². The Morgan fingerprint density at radius 2 is 1.97 bits per heavy atom. The van der Waals surface area contributed by atoms with Crippen LogP contribution in [0.2, 0.25) is 0 Å². The summed E-state index contributed by atoms with van der Waals surface area (Å²) < 4.78 is 34.7. The topological polar surface area (TPSA) is 71.1 Å². The minimum atomic E-state index is -3.06. The predicted octanol–water partition coefficient (Wildman–Crippen LogP) is 4.04. The van der Waals surface area contributed by atoms with Crippen molar-refractivity contribution in [3.8, 4) is 5.88 Å². The van der Waals surface area contributed by atoms with E-state index in [1.165, 1.54) is 4.90 Å². The van der Waals surface area contributed by atoms with Crippen LogP contribution in [0, 0.1) is 0 Å². The van der Waals surface area contributed by atoms with Gasteiger partial charge in [0.2, 0.25) is 5.88 Å². The van der Waals surface area contributed by atoms with Gasteiger partial charge in [-0.05, 0) is 24.3 Å². The summed E-state index contributed by atoms with van der Waals surface area (Å²) in [5.41, 5.74) is 1.80. The molecule has 2 aromatic heterocycles. The Kier molecular flexibility index (Phi) is 4.34. The molecule has 30 heavy (non-hydrogen) atoms. The van der Waals surface area contributed by atoms with E-state index < -0.39 is 18.4 Å². The lowest BCUT2D eigenvalue weighted by Gasteiger charge is -2.38. The molecular weight excluding hydrogens is 390 g/mol. The number of likely N-dealkylation sites (tertiary alicyclic amines) is 1. The van der Waals surface area contributed by atoms with Crippen molar-refractivity contribution in [2.24, 2.45) is 0 Å². The maximum Gasteiger partial charge on any atom is 0.287 e. The van der Waals surface area contributed by atoms with Crippen molar-refractivity contribution in [2.45, 2.75) is 18.4 Å². The van der Waals surface area contributed by atoms with Gasteiger partial charge in [0, 0.05) is 35.4 Å². The monoisotopic (exact) mass is 408 g/mol. The van der Waals surface area contributed by atoms with Crippen molar-refractivity contribution in [2.75, 3.05) is 13.1 Å². The molecule has 1 atom stereocenters. The minimum Gasteiger partial charge on any atom is -0.466 e. The number of fused-ring (bicyclic) bond motifs is 2. The van der Waals surface area contributed by atoms with Crippen LogP contribution in [-0.4, -0.2) is 51.1 Å². The molecular formula is C22H18F2N4O2. The van der Waals surface area contributed by atoms with Crippen molar-refractivity contribution in [1.82, 2.24) is 20.1 Å². The Morgan fingerprint density at radius 3 is 2.87 bits per heavy atom. The highest BCUT2D eigenvalue weighted by Gasteiger charge is 2.47. The first kappa shape index (κ1) is 18.5. The van der Waals surface area contributed by atoms with Gasteiger partial charge >= 0.3 is 0 Å². The number of carbonyl (C=O) groups is 1. The number of nitrogens with zero attached hydrogens (tertiary/aromatic N) is 3. The van der Waals surface area contributed by atoms with Crippen LogP contribution in [0.15, 0.2) is 60.8 Å². The van der Waals surface area contributed by atoms with Crippen LogP contribution in [0.25, 0.3) is 21.8 Å². The quantitative estimate of drug-likeness (QED) is 0.555. The van der Waals surface area contributed by atoms with Gasteiger partial charge in [-0.15, -0.1) is 0 Å². The highest BCUT2D eigenvalue weighted by Crippen LogP contribution is 2.32. The second kappa shape index (κ2) is 7.05. The lowest BCUT2D eigenvalue weighted by molar-refractivity contribution is -0.131. The molecule has 0 saturated carbocycles. The number of H-pyrrole nitrogens is 1. The number of halogens is 2. The summed E-state index contributed by atoms with van der Waals surface area (Å²) in [6, 6.07) is 15.9. The van der Waals surface area contributed by atoms with E-state index in [-0.39, 0.29) is 24.9 Å². The average Bonchev–Trinajstić information content (AvgIpc) is 3.22. The van der Waals surface area contributed by atoms with Crippen LogP contribution >= 0.6 is 0 Å². The average molecular weight is 408 g/mol. The molecule has 0 radical (unpaired) electrons. The van der Waals surface area contributed by atoms with E-state index in [1.807, 2.05) is 18.2 Å². The number of nitrogens with one attached hydrogen (secondary N) is 1. The Labute approximate surface area is 170 Å². The number of rotatable bonds is 3. The van der Waals surface area contributed by atoms with Crippen molar-refractivity contribution in [3.05, 3.63) is 66.4 Å². The smallest absolute Gasteiger partial charge is 0.287 e. The second-order valence-corrected chi connectivity index (χ2v) is 7.38. The molecule has 1 aliphatic heterocycles.